The van der Waals surface area contributed by atoms with E-state index in [2.05, 4.69) is 33.1 Å². The van der Waals surface area contributed by atoms with Gasteiger partial charge in [0.25, 0.3) is 0 Å². The summed E-state index contributed by atoms with van der Waals surface area (Å²) >= 11 is 3.36. The minimum absolute atomic E-state index is 0.00440. The van der Waals surface area contributed by atoms with E-state index in [1.54, 1.807) is 6.92 Å². The fourth-order valence-corrected chi connectivity index (χ4v) is 0.864. The van der Waals surface area contributed by atoms with Crippen molar-refractivity contribution in [2.75, 3.05) is 6.54 Å². The van der Waals surface area contributed by atoms with Crippen molar-refractivity contribution < 1.29 is 4.79 Å². The van der Waals surface area contributed by atoms with Crippen molar-refractivity contribution in [1.82, 2.24) is 5.32 Å². The number of carbonyl (C=O) groups is 1. The van der Waals surface area contributed by atoms with E-state index in [4.69, 9.17) is 0 Å². The van der Waals surface area contributed by atoms with Crippen LogP contribution in [-0.4, -0.2) is 17.3 Å². The maximum Gasteiger partial charge on any atom is 0.235 e. The molecule has 1 atom stereocenters. The third-order valence-corrected chi connectivity index (χ3v) is 3.31. The molecule has 0 saturated heterocycles. The van der Waals surface area contributed by atoms with Crippen LogP contribution < -0.4 is 5.32 Å². The third kappa shape index (κ3) is 4.94. The SMILES string of the molecule is CC#CCNC(=O)C(Br)C(C)(C)C. The highest BCUT2D eigenvalue weighted by atomic mass is 79.9. The second kappa shape index (κ2) is 5.29. The van der Waals surface area contributed by atoms with E-state index in [0.29, 0.717) is 6.54 Å². The molecule has 0 aromatic heterocycles. The Labute approximate surface area is 88.6 Å². The molecule has 0 fully saturated rings. The van der Waals surface area contributed by atoms with E-state index < -0.39 is 0 Å². The van der Waals surface area contributed by atoms with E-state index in [0.717, 1.165) is 0 Å². The van der Waals surface area contributed by atoms with Crippen molar-refractivity contribution >= 4 is 21.8 Å². The monoisotopic (exact) mass is 245 g/mol. The summed E-state index contributed by atoms with van der Waals surface area (Å²) in [6, 6.07) is 0. The van der Waals surface area contributed by atoms with Gasteiger partial charge in [-0.2, -0.15) is 0 Å². The van der Waals surface area contributed by atoms with E-state index >= 15 is 0 Å². The molecular weight excluding hydrogens is 230 g/mol. The highest BCUT2D eigenvalue weighted by Crippen LogP contribution is 2.25. The molecule has 13 heavy (non-hydrogen) atoms. The zero-order valence-corrected chi connectivity index (χ0v) is 10.2. The normalized spacial score (nSPS) is 12.7. The molecule has 0 rings (SSSR count). The van der Waals surface area contributed by atoms with Crippen molar-refractivity contribution in [3.05, 3.63) is 0 Å². The lowest BCUT2D eigenvalue weighted by atomic mass is 9.92. The van der Waals surface area contributed by atoms with Gasteiger partial charge in [0.2, 0.25) is 5.91 Å². The number of hydrogen-bond acceptors (Lipinski definition) is 1. The van der Waals surface area contributed by atoms with Crippen LogP contribution in [0, 0.1) is 17.3 Å². The predicted molar refractivity (Wildman–Crippen MR) is 58.6 cm³/mol. The van der Waals surface area contributed by atoms with Crippen molar-refractivity contribution in [3.63, 3.8) is 0 Å². The van der Waals surface area contributed by atoms with Gasteiger partial charge in [-0.05, 0) is 12.3 Å². The summed E-state index contributed by atoms with van der Waals surface area (Å²) in [6.07, 6.45) is 0. The minimum Gasteiger partial charge on any atom is -0.344 e. The molecule has 3 heteroatoms. The summed E-state index contributed by atoms with van der Waals surface area (Å²) < 4.78 is 0. The smallest absolute Gasteiger partial charge is 0.235 e. The van der Waals surface area contributed by atoms with Crippen LogP contribution >= 0.6 is 15.9 Å². The van der Waals surface area contributed by atoms with E-state index in [-0.39, 0.29) is 16.1 Å². The Balaban J connectivity index is 4.02. The van der Waals surface area contributed by atoms with Gasteiger partial charge in [-0.25, -0.2) is 0 Å². The quantitative estimate of drug-likeness (QED) is 0.585. The lowest BCUT2D eigenvalue weighted by Crippen LogP contribution is -2.38. The fraction of sp³-hybridized carbons (Fsp3) is 0.700. The van der Waals surface area contributed by atoms with Gasteiger partial charge < -0.3 is 5.32 Å². The summed E-state index contributed by atoms with van der Waals surface area (Å²) in [7, 11) is 0. The highest BCUT2D eigenvalue weighted by Gasteiger charge is 2.27. The van der Waals surface area contributed by atoms with Gasteiger partial charge in [0, 0.05) is 0 Å². The zero-order valence-electron chi connectivity index (χ0n) is 8.57. The molecule has 2 nitrogen and oxygen atoms in total. The van der Waals surface area contributed by atoms with Crippen LogP contribution in [0.1, 0.15) is 27.7 Å². The maximum atomic E-state index is 11.4. The summed E-state index contributed by atoms with van der Waals surface area (Å²) in [5.41, 5.74) is -0.0657. The Kier molecular flexibility index (Phi) is 5.09. The summed E-state index contributed by atoms with van der Waals surface area (Å²) in [6.45, 7) is 8.21. The number of carbonyl (C=O) groups excluding carboxylic acids is 1. The molecule has 0 bridgehead atoms. The second-order valence-corrected chi connectivity index (χ2v) is 4.79. The first kappa shape index (κ1) is 12.5. The Morgan fingerprint density at radius 3 is 2.46 bits per heavy atom. The van der Waals surface area contributed by atoms with Crippen LogP contribution in [0.5, 0.6) is 0 Å². The zero-order chi connectivity index (χ0) is 10.5. The molecule has 74 valence electrons. The number of hydrogen-bond donors (Lipinski definition) is 1. The molecule has 1 N–H and O–H groups in total. The molecule has 0 spiro atoms. The summed E-state index contributed by atoms with van der Waals surface area (Å²) in [4.78, 5) is 11.3. The van der Waals surface area contributed by atoms with Crippen LogP contribution in [0.3, 0.4) is 0 Å². The second-order valence-electron chi connectivity index (χ2n) is 3.87. The molecule has 0 heterocycles. The number of amides is 1. The van der Waals surface area contributed by atoms with E-state index in [1.807, 2.05) is 20.8 Å². The molecular formula is C10H16BrNO. The molecule has 0 aliphatic rings. The third-order valence-electron chi connectivity index (χ3n) is 1.52. The van der Waals surface area contributed by atoms with Gasteiger partial charge in [0.15, 0.2) is 0 Å². The van der Waals surface area contributed by atoms with Crippen molar-refractivity contribution in [2.45, 2.75) is 32.5 Å². The molecule has 0 aliphatic heterocycles. The Morgan fingerprint density at radius 2 is 2.08 bits per heavy atom. The van der Waals surface area contributed by atoms with Crippen LogP contribution in [0.25, 0.3) is 0 Å². The largest absolute Gasteiger partial charge is 0.344 e. The van der Waals surface area contributed by atoms with Gasteiger partial charge >= 0.3 is 0 Å². The van der Waals surface area contributed by atoms with Crippen LogP contribution in [0.15, 0.2) is 0 Å². The van der Waals surface area contributed by atoms with Gasteiger partial charge in [-0.3, -0.25) is 4.79 Å². The van der Waals surface area contributed by atoms with Crippen LogP contribution in [0.2, 0.25) is 0 Å². The van der Waals surface area contributed by atoms with Crippen molar-refractivity contribution in [2.24, 2.45) is 5.41 Å². The van der Waals surface area contributed by atoms with E-state index in [1.165, 1.54) is 0 Å². The first-order valence-electron chi connectivity index (χ1n) is 4.21. The van der Waals surface area contributed by atoms with Gasteiger partial charge in [0.05, 0.1) is 11.4 Å². The summed E-state index contributed by atoms with van der Waals surface area (Å²) in [5, 5.41) is 2.73. The first-order valence-corrected chi connectivity index (χ1v) is 5.12. The number of halogens is 1. The molecule has 0 saturated carbocycles. The van der Waals surface area contributed by atoms with Crippen molar-refractivity contribution in [1.29, 1.82) is 0 Å². The average Bonchev–Trinajstić information content (AvgIpc) is 2.01. The lowest BCUT2D eigenvalue weighted by molar-refractivity contribution is -0.121. The van der Waals surface area contributed by atoms with Crippen molar-refractivity contribution in [3.8, 4) is 11.8 Å². The van der Waals surface area contributed by atoms with Gasteiger partial charge in [-0.1, -0.05) is 42.6 Å². The topological polar surface area (TPSA) is 29.1 Å². The first-order chi connectivity index (χ1) is 5.89. The highest BCUT2D eigenvalue weighted by molar-refractivity contribution is 9.10. The standard InChI is InChI=1S/C10H16BrNO/c1-5-6-7-12-9(13)8(11)10(2,3)4/h8H,7H2,1-4H3,(H,12,13). The van der Waals surface area contributed by atoms with Crippen LogP contribution in [0.4, 0.5) is 0 Å². The number of rotatable bonds is 2. The molecule has 0 aliphatic carbocycles. The molecule has 0 aromatic carbocycles. The number of nitrogens with one attached hydrogen (secondary N) is 1. The fourth-order valence-electron chi connectivity index (χ4n) is 0.703. The predicted octanol–water partition coefficient (Wildman–Crippen LogP) is 1.94. The minimum atomic E-state index is -0.168. The summed E-state index contributed by atoms with van der Waals surface area (Å²) in [5.74, 6) is 5.50. The van der Waals surface area contributed by atoms with Gasteiger partial charge in [-0.15, -0.1) is 5.92 Å². The number of alkyl halides is 1. The Hall–Kier alpha value is -0.490. The Morgan fingerprint density at radius 1 is 1.54 bits per heavy atom. The molecule has 1 amide bonds. The molecule has 1 unspecified atom stereocenters. The molecule has 0 radical (unpaired) electrons. The van der Waals surface area contributed by atoms with E-state index in [9.17, 15) is 4.79 Å². The molecule has 0 aromatic rings. The lowest BCUT2D eigenvalue weighted by Gasteiger charge is -2.23. The average molecular weight is 246 g/mol. The Bertz CT molecular complexity index is 232. The van der Waals surface area contributed by atoms with Gasteiger partial charge in [0.1, 0.15) is 0 Å². The van der Waals surface area contributed by atoms with Crippen LogP contribution in [-0.2, 0) is 4.79 Å². The maximum absolute atomic E-state index is 11.4.